The van der Waals surface area contributed by atoms with E-state index in [0.717, 1.165) is 113 Å². The molecule has 0 radical (unpaired) electrons. The molecule has 0 aromatic heterocycles. The first kappa shape index (κ1) is 54.7. The van der Waals surface area contributed by atoms with Gasteiger partial charge in [-0.25, -0.2) is 0 Å². The van der Waals surface area contributed by atoms with E-state index < -0.39 is 0 Å². The topological polar surface area (TPSA) is 13.0 Å². The number of fused-ring (bicyclic) bond motifs is 2. The Labute approximate surface area is 527 Å². The summed E-state index contributed by atoms with van der Waals surface area (Å²) in [4.78, 5) is 9.36. The SMILES string of the molecule is c1ccc(N(c2ccccc2)c2ccc(-c3ccc(N(c4ccc(-c5ccc(-c6ccc(N(c7ccc(-c8ccc(N(c9ccccc9)c9ccccc9)cc8)cc7)c7cccc8ccccc78)cc6)cc5)cc4)c4cccc5ccccc45)cc3)cc2)cc1. The fourth-order valence-corrected chi connectivity index (χ4v) is 12.5. The molecule has 426 valence electrons. The van der Waals surface area contributed by atoms with Crippen molar-refractivity contribution in [2.75, 3.05) is 19.6 Å². The van der Waals surface area contributed by atoms with E-state index in [2.05, 4.69) is 396 Å². The summed E-state index contributed by atoms with van der Waals surface area (Å²) in [6.45, 7) is 0. The van der Waals surface area contributed by atoms with Crippen LogP contribution in [-0.4, -0.2) is 0 Å². The summed E-state index contributed by atoms with van der Waals surface area (Å²) in [5.74, 6) is 0. The van der Waals surface area contributed by atoms with Gasteiger partial charge in [0, 0.05) is 67.6 Å². The molecule has 0 saturated heterocycles. The molecular formula is C86H62N4. The van der Waals surface area contributed by atoms with E-state index in [1.165, 1.54) is 21.5 Å². The number of hydrogen-bond acceptors (Lipinski definition) is 4. The Morgan fingerprint density at radius 1 is 0.122 bits per heavy atom. The third-order valence-electron chi connectivity index (χ3n) is 17.0. The van der Waals surface area contributed by atoms with Crippen molar-refractivity contribution < 1.29 is 0 Å². The molecule has 0 unspecified atom stereocenters. The Bertz CT molecular complexity index is 4460. The van der Waals surface area contributed by atoms with E-state index in [1.54, 1.807) is 0 Å². The van der Waals surface area contributed by atoms with Crippen molar-refractivity contribution in [3.63, 3.8) is 0 Å². The smallest absolute Gasteiger partial charge is 0.0540 e. The zero-order chi connectivity index (χ0) is 60.0. The van der Waals surface area contributed by atoms with Crippen LogP contribution in [-0.2, 0) is 0 Å². The quantitative estimate of drug-likeness (QED) is 0.0956. The summed E-state index contributed by atoms with van der Waals surface area (Å²) >= 11 is 0. The molecule has 0 aliphatic heterocycles. The summed E-state index contributed by atoms with van der Waals surface area (Å²) in [6.07, 6.45) is 0. The summed E-state index contributed by atoms with van der Waals surface area (Å²) in [5, 5.41) is 4.78. The summed E-state index contributed by atoms with van der Waals surface area (Å²) in [7, 11) is 0. The molecule has 0 amide bonds. The van der Waals surface area contributed by atoms with Gasteiger partial charge in [0.25, 0.3) is 0 Å². The number of benzene rings is 15. The van der Waals surface area contributed by atoms with Gasteiger partial charge < -0.3 is 19.6 Å². The van der Waals surface area contributed by atoms with E-state index in [-0.39, 0.29) is 0 Å². The van der Waals surface area contributed by atoms with Crippen molar-refractivity contribution in [1.82, 2.24) is 0 Å². The van der Waals surface area contributed by atoms with Crippen molar-refractivity contribution in [1.29, 1.82) is 0 Å². The van der Waals surface area contributed by atoms with Gasteiger partial charge in [0.1, 0.15) is 0 Å². The van der Waals surface area contributed by atoms with Crippen LogP contribution >= 0.6 is 0 Å². The van der Waals surface area contributed by atoms with Crippen LogP contribution in [0.1, 0.15) is 0 Å². The van der Waals surface area contributed by atoms with Crippen molar-refractivity contribution in [2.45, 2.75) is 0 Å². The van der Waals surface area contributed by atoms with Gasteiger partial charge in [-0.1, -0.05) is 243 Å². The van der Waals surface area contributed by atoms with Gasteiger partial charge in [-0.3, -0.25) is 0 Å². The predicted octanol–water partition coefficient (Wildman–Crippen LogP) is 24.5. The van der Waals surface area contributed by atoms with E-state index in [4.69, 9.17) is 0 Å². The minimum atomic E-state index is 1.08. The van der Waals surface area contributed by atoms with E-state index >= 15 is 0 Å². The normalized spacial score (nSPS) is 11.1. The standard InChI is InChI=1S/C86H62N4/c1-5-23-73(24-6-1)87(74-25-7-2-8-26-74)77-51-39-67(40-52-77)69-47-59-81(60-48-69)89(85-33-17-21-71-19-13-15-31-83(71)85)79-55-43-65(44-56-79)63-35-37-64(38-36-63)66-45-57-80(58-46-66)90(86-34-18-22-72-20-14-16-32-84(72)86)82-61-49-70(50-62-82)68-41-53-78(54-42-68)88(75-27-9-3-10-28-75)76-29-11-4-12-30-76/h1-62H. The maximum absolute atomic E-state index is 2.38. The minimum absolute atomic E-state index is 1.08. The molecule has 0 saturated carbocycles. The number of hydrogen-bond donors (Lipinski definition) is 0. The zero-order valence-electron chi connectivity index (χ0n) is 49.6. The lowest BCUT2D eigenvalue weighted by atomic mass is 9.99. The first-order chi connectivity index (χ1) is 44.6. The fraction of sp³-hybridized carbons (Fsp3) is 0. The molecule has 90 heavy (non-hydrogen) atoms. The first-order valence-corrected chi connectivity index (χ1v) is 30.7. The molecule has 15 rings (SSSR count). The maximum Gasteiger partial charge on any atom is 0.0540 e. The molecule has 0 aliphatic rings. The van der Waals surface area contributed by atoms with Crippen LogP contribution in [0.25, 0.3) is 66.1 Å². The van der Waals surface area contributed by atoms with Crippen LogP contribution in [0.15, 0.2) is 376 Å². The lowest BCUT2D eigenvalue weighted by molar-refractivity contribution is 1.28. The highest BCUT2D eigenvalue weighted by Crippen LogP contribution is 2.44. The number of para-hydroxylation sites is 4. The average Bonchev–Trinajstić information content (AvgIpc) is 2.27. The second kappa shape index (κ2) is 24.8. The van der Waals surface area contributed by atoms with Crippen LogP contribution in [0.4, 0.5) is 68.2 Å². The Hall–Kier alpha value is -12.0. The molecule has 15 aromatic rings. The molecule has 0 spiro atoms. The fourth-order valence-electron chi connectivity index (χ4n) is 12.5. The molecule has 0 fully saturated rings. The predicted molar refractivity (Wildman–Crippen MR) is 382 cm³/mol. The molecule has 0 aliphatic carbocycles. The van der Waals surface area contributed by atoms with Crippen LogP contribution < -0.4 is 19.6 Å². The van der Waals surface area contributed by atoms with Crippen molar-refractivity contribution in [2.24, 2.45) is 0 Å². The van der Waals surface area contributed by atoms with Gasteiger partial charge in [0.05, 0.1) is 11.4 Å². The number of anilines is 12. The van der Waals surface area contributed by atoms with Crippen molar-refractivity contribution in [3.8, 4) is 44.5 Å². The van der Waals surface area contributed by atoms with Gasteiger partial charge in [0.2, 0.25) is 0 Å². The average molecular weight is 1150 g/mol. The summed E-state index contributed by atoms with van der Waals surface area (Å²) in [6, 6.07) is 135. The van der Waals surface area contributed by atoms with Gasteiger partial charge >= 0.3 is 0 Å². The molecule has 4 nitrogen and oxygen atoms in total. The zero-order valence-corrected chi connectivity index (χ0v) is 49.6. The highest BCUT2D eigenvalue weighted by atomic mass is 15.2. The Morgan fingerprint density at radius 2 is 0.300 bits per heavy atom. The minimum Gasteiger partial charge on any atom is -0.311 e. The van der Waals surface area contributed by atoms with Gasteiger partial charge in [-0.05, 0) is 189 Å². The maximum atomic E-state index is 2.38. The van der Waals surface area contributed by atoms with E-state index in [1.807, 2.05) is 0 Å². The molecule has 0 N–H and O–H groups in total. The monoisotopic (exact) mass is 1150 g/mol. The van der Waals surface area contributed by atoms with Gasteiger partial charge in [0.15, 0.2) is 0 Å². The summed E-state index contributed by atoms with van der Waals surface area (Å²) < 4.78 is 0. The molecular weight excluding hydrogens is 1090 g/mol. The van der Waals surface area contributed by atoms with Gasteiger partial charge in [-0.15, -0.1) is 0 Å². The van der Waals surface area contributed by atoms with E-state index in [9.17, 15) is 0 Å². The number of rotatable bonds is 16. The summed E-state index contributed by atoms with van der Waals surface area (Å²) in [5.41, 5.74) is 22.5. The molecule has 0 atom stereocenters. The highest BCUT2D eigenvalue weighted by molar-refractivity contribution is 6.01. The Morgan fingerprint density at radius 3 is 0.544 bits per heavy atom. The Kier molecular flexibility index (Phi) is 15.0. The third-order valence-corrected chi connectivity index (χ3v) is 17.0. The van der Waals surface area contributed by atoms with Crippen LogP contribution in [0.3, 0.4) is 0 Å². The second-order valence-corrected chi connectivity index (χ2v) is 22.5. The van der Waals surface area contributed by atoms with Crippen molar-refractivity contribution in [3.05, 3.63) is 376 Å². The highest BCUT2D eigenvalue weighted by Gasteiger charge is 2.20. The van der Waals surface area contributed by atoms with E-state index in [0.29, 0.717) is 0 Å². The molecule has 15 aromatic carbocycles. The van der Waals surface area contributed by atoms with Gasteiger partial charge in [-0.2, -0.15) is 0 Å². The molecule has 0 heterocycles. The molecule has 4 heteroatoms. The van der Waals surface area contributed by atoms with Crippen LogP contribution in [0.5, 0.6) is 0 Å². The largest absolute Gasteiger partial charge is 0.311 e. The third kappa shape index (κ3) is 11.1. The lowest BCUT2D eigenvalue weighted by Gasteiger charge is -2.27. The lowest BCUT2D eigenvalue weighted by Crippen LogP contribution is -2.10. The first-order valence-electron chi connectivity index (χ1n) is 30.7. The molecule has 0 bridgehead atoms. The van der Waals surface area contributed by atoms with Crippen LogP contribution in [0, 0.1) is 0 Å². The Balaban J connectivity index is 0.684. The van der Waals surface area contributed by atoms with Crippen LogP contribution in [0.2, 0.25) is 0 Å². The second-order valence-electron chi connectivity index (χ2n) is 22.5. The number of nitrogens with zero attached hydrogens (tertiary/aromatic N) is 4. The van der Waals surface area contributed by atoms with Crippen molar-refractivity contribution >= 4 is 89.8 Å².